The molecule has 0 radical (unpaired) electrons. The molecule has 1 saturated heterocycles. The van der Waals surface area contributed by atoms with Crippen LogP contribution in [-0.4, -0.2) is 34.4 Å². The monoisotopic (exact) mass is 438 g/mol. The van der Waals surface area contributed by atoms with E-state index < -0.39 is 8.32 Å². The molecule has 3 nitrogen and oxygen atoms in total. The van der Waals surface area contributed by atoms with E-state index in [-0.39, 0.29) is 11.3 Å². The van der Waals surface area contributed by atoms with Crippen molar-refractivity contribution in [2.45, 2.75) is 64.7 Å². The summed E-state index contributed by atoms with van der Waals surface area (Å²) in [6.45, 7) is 11.2. The van der Waals surface area contributed by atoms with Gasteiger partial charge in [-0.3, -0.25) is 0 Å². The predicted octanol–water partition coefficient (Wildman–Crippen LogP) is 5.44. The zero-order valence-electron chi connectivity index (χ0n) is 19.6. The number of ether oxygens (including phenoxy) is 2. The van der Waals surface area contributed by atoms with Crippen molar-refractivity contribution in [3.05, 3.63) is 72.3 Å². The first-order chi connectivity index (χ1) is 15.0. The number of hydrogen-bond acceptors (Lipinski definition) is 3. The fourth-order valence-electron chi connectivity index (χ4n) is 4.38. The minimum absolute atomic E-state index is 0.0129. The standard InChI is InChI=1S/C27H38O3Si/c1-5-23(19-21-29-26-18-12-13-20-28-26)22-30-31(27(2,3)4,24-14-8-6-9-15-24)25-16-10-7-11-17-25/h6-11,14-17,19,26H,5,12-13,18,20-22H2,1-4H3/b23-19+. The number of benzene rings is 2. The highest BCUT2D eigenvalue weighted by Crippen LogP contribution is 2.37. The molecule has 0 aromatic heterocycles. The van der Waals surface area contributed by atoms with Crippen LogP contribution < -0.4 is 10.4 Å². The maximum Gasteiger partial charge on any atom is 0.261 e. The van der Waals surface area contributed by atoms with Gasteiger partial charge in [0.05, 0.1) is 13.2 Å². The third-order valence-corrected chi connectivity index (χ3v) is 11.1. The second kappa shape index (κ2) is 11.2. The maximum absolute atomic E-state index is 7.05. The Morgan fingerprint density at radius 3 is 2.10 bits per heavy atom. The molecule has 3 rings (SSSR count). The van der Waals surface area contributed by atoms with Crippen LogP contribution in [0.25, 0.3) is 0 Å². The van der Waals surface area contributed by atoms with E-state index in [0.29, 0.717) is 13.2 Å². The Morgan fingerprint density at radius 1 is 1.00 bits per heavy atom. The minimum Gasteiger partial charge on any atom is -0.403 e. The molecule has 2 aromatic rings. The van der Waals surface area contributed by atoms with Crippen LogP contribution in [0.5, 0.6) is 0 Å². The Morgan fingerprint density at radius 2 is 1.61 bits per heavy atom. The maximum atomic E-state index is 7.05. The van der Waals surface area contributed by atoms with Gasteiger partial charge in [0.2, 0.25) is 0 Å². The van der Waals surface area contributed by atoms with E-state index in [1.807, 2.05) is 0 Å². The summed E-state index contributed by atoms with van der Waals surface area (Å²) in [4.78, 5) is 0. The normalized spacial score (nSPS) is 18.2. The summed E-state index contributed by atoms with van der Waals surface area (Å²) in [6, 6.07) is 21.6. The van der Waals surface area contributed by atoms with Crippen LogP contribution in [0, 0.1) is 0 Å². The molecule has 0 spiro atoms. The molecule has 4 heteroatoms. The van der Waals surface area contributed by atoms with Gasteiger partial charge in [0.15, 0.2) is 6.29 Å². The van der Waals surface area contributed by atoms with E-state index >= 15 is 0 Å². The summed E-state index contributed by atoms with van der Waals surface area (Å²) in [5.74, 6) is 0. The van der Waals surface area contributed by atoms with Gasteiger partial charge in [-0.25, -0.2) is 0 Å². The van der Waals surface area contributed by atoms with E-state index in [1.54, 1.807) is 0 Å². The molecule has 1 aliphatic heterocycles. The molecule has 2 aromatic carbocycles. The first-order valence-electron chi connectivity index (χ1n) is 11.6. The molecule has 168 valence electrons. The molecule has 1 heterocycles. The third-order valence-electron chi connectivity index (χ3n) is 6.14. The van der Waals surface area contributed by atoms with Gasteiger partial charge in [-0.05, 0) is 46.7 Å². The van der Waals surface area contributed by atoms with Gasteiger partial charge in [-0.15, -0.1) is 0 Å². The Balaban J connectivity index is 1.83. The molecule has 1 fully saturated rings. The Hall–Kier alpha value is -1.72. The fourth-order valence-corrected chi connectivity index (χ4v) is 8.94. The first kappa shape index (κ1) is 23.9. The highest BCUT2D eigenvalue weighted by molar-refractivity contribution is 6.99. The second-order valence-corrected chi connectivity index (χ2v) is 13.6. The van der Waals surface area contributed by atoms with E-state index in [1.165, 1.54) is 22.4 Å². The van der Waals surface area contributed by atoms with Crippen LogP contribution in [0.3, 0.4) is 0 Å². The lowest BCUT2D eigenvalue weighted by molar-refractivity contribution is -0.155. The summed E-state index contributed by atoms with van der Waals surface area (Å²) < 4.78 is 18.7. The molecule has 0 N–H and O–H groups in total. The van der Waals surface area contributed by atoms with Gasteiger partial charge in [0.1, 0.15) is 0 Å². The van der Waals surface area contributed by atoms with E-state index in [9.17, 15) is 0 Å². The average Bonchev–Trinajstić information content (AvgIpc) is 2.79. The summed E-state index contributed by atoms with van der Waals surface area (Å²) in [5, 5.41) is 2.62. The molecule has 1 aliphatic rings. The van der Waals surface area contributed by atoms with E-state index in [0.717, 1.165) is 25.9 Å². The summed E-state index contributed by atoms with van der Waals surface area (Å²) >= 11 is 0. The lowest BCUT2D eigenvalue weighted by atomic mass is 10.2. The zero-order valence-corrected chi connectivity index (χ0v) is 20.6. The molecular formula is C27H38O3Si. The largest absolute Gasteiger partial charge is 0.403 e. The van der Waals surface area contributed by atoms with Gasteiger partial charge in [0.25, 0.3) is 8.32 Å². The molecule has 0 bridgehead atoms. The number of hydrogen-bond donors (Lipinski definition) is 0. The van der Waals surface area contributed by atoms with E-state index in [4.69, 9.17) is 13.9 Å². The zero-order chi connectivity index (χ0) is 22.2. The van der Waals surface area contributed by atoms with Crippen molar-refractivity contribution in [1.29, 1.82) is 0 Å². The van der Waals surface area contributed by atoms with Gasteiger partial charge < -0.3 is 13.9 Å². The minimum atomic E-state index is -2.51. The first-order valence-corrected chi connectivity index (χ1v) is 13.5. The average molecular weight is 439 g/mol. The van der Waals surface area contributed by atoms with Crippen molar-refractivity contribution in [2.75, 3.05) is 19.8 Å². The van der Waals surface area contributed by atoms with Crippen molar-refractivity contribution >= 4 is 18.7 Å². The van der Waals surface area contributed by atoms with Crippen LogP contribution in [0.1, 0.15) is 53.4 Å². The Bertz CT molecular complexity index is 766. The summed E-state index contributed by atoms with van der Waals surface area (Å²) in [7, 11) is -2.51. The van der Waals surface area contributed by atoms with E-state index in [2.05, 4.69) is 94.4 Å². The predicted molar refractivity (Wildman–Crippen MR) is 131 cm³/mol. The van der Waals surface area contributed by atoms with Crippen molar-refractivity contribution in [1.82, 2.24) is 0 Å². The Labute approximate surface area is 189 Å². The molecule has 1 unspecified atom stereocenters. The van der Waals surface area contributed by atoms with Crippen molar-refractivity contribution in [3.8, 4) is 0 Å². The molecule has 0 amide bonds. The third kappa shape index (κ3) is 5.95. The van der Waals surface area contributed by atoms with Gasteiger partial charge >= 0.3 is 0 Å². The Kier molecular flexibility index (Phi) is 8.67. The lowest BCUT2D eigenvalue weighted by Crippen LogP contribution is -2.66. The quantitative estimate of drug-likeness (QED) is 0.385. The van der Waals surface area contributed by atoms with Gasteiger partial charge in [-0.2, -0.15) is 0 Å². The molecular weight excluding hydrogens is 400 g/mol. The van der Waals surface area contributed by atoms with Crippen molar-refractivity contribution in [3.63, 3.8) is 0 Å². The van der Waals surface area contributed by atoms with Crippen LogP contribution >= 0.6 is 0 Å². The van der Waals surface area contributed by atoms with Crippen LogP contribution in [-0.2, 0) is 13.9 Å². The van der Waals surface area contributed by atoms with Crippen LogP contribution in [0.4, 0.5) is 0 Å². The second-order valence-electron chi connectivity index (χ2n) is 9.30. The number of rotatable bonds is 9. The fraction of sp³-hybridized carbons (Fsp3) is 0.481. The summed E-state index contributed by atoms with van der Waals surface area (Å²) in [5.41, 5.74) is 1.28. The van der Waals surface area contributed by atoms with Crippen molar-refractivity contribution in [2.24, 2.45) is 0 Å². The molecule has 0 aliphatic carbocycles. The summed E-state index contributed by atoms with van der Waals surface area (Å²) in [6.07, 6.45) is 6.41. The smallest absolute Gasteiger partial charge is 0.261 e. The van der Waals surface area contributed by atoms with Crippen LogP contribution in [0.15, 0.2) is 72.3 Å². The van der Waals surface area contributed by atoms with Gasteiger partial charge in [-0.1, -0.05) is 94.4 Å². The van der Waals surface area contributed by atoms with Crippen LogP contribution in [0.2, 0.25) is 5.04 Å². The van der Waals surface area contributed by atoms with Crippen molar-refractivity contribution < 1.29 is 13.9 Å². The highest BCUT2D eigenvalue weighted by Gasteiger charge is 2.50. The molecule has 1 atom stereocenters. The molecule has 0 saturated carbocycles. The van der Waals surface area contributed by atoms with Gasteiger partial charge in [0, 0.05) is 6.61 Å². The topological polar surface area (TPSA) is 27.7 Å². The SMILES string of the molecule is CC/C(=C\COC1CCCCO1)CO[Si](c1ccccc1)(c1ccccc1)C(C)(C)C. The molecule has 31 heavy (non-hydrogen) atoms. The highest BCUT2D eigenvalue weighted by atomic mass is 28.4. The lowest BCUT2D eigenvalue weighted by Gasteiger charge is -2.43.